The van der Waals surface area contributed by atoms with E-state index in [1.54, 1.807) is 19.2 Å². The summed E-state index contributed by atoms with van der Waals surface area (Å²) in [5, 5.41) is 3.52. The van der Waals surface area contributed by atoms with Crippen LogP contribution in [0, 0.1) is 11.7 Å². The highest BCUT2D eigenvalue weighted by atomic mass is 19.1. The molecule has 1 aromatic rings. The SMILES string of the molecule is COCC(C)CNC1CC(c2ccccc2F)C1. The van der Waals surface area contributed by atoms with E-state index >= 15 is 0 Å². The second-order valence-electron chi connectivity index (χ2n) is 5.36. The third kappa shape index (κ3) is 3.30. The maximum atomic E-state index is 13.6. The average molecular weight is 251 g/mol. The van der Waals surface area contributed by atoms with Gasteiger partial charge in [0.1, 0.15) is 5.82 Å². The van der Waals surface area contributed by atoms with Crippen molar-refractivity contribution in [3.05, 3.63) is 35.6 Å². The lowest BCUT2D eigenvalue weighted by atomic mass is 9.75. The first-order valence-electron chi connectivity index (χ1n) is 6.67. The molecule has 1 N–H and O–H groups in total. The van der Waals surface area contributed by atoms with Crippen LogP contribution >= 0.6 is 0 Å². The number of hydrogen-bond donors (Lipinski definition) is 1. The molecule has 1 aromatic carbocycles. The number of nitrogens with one attached hydrogen (secondary N) is 1. The summed E-state index contributed by atoms with van der Waals surface area (Å²) in [7, 11) is 1.73. The number of rotatable bonds is 6. The molecule has 0 saturated heterocycles. The van der Waals surface area contributed by atoms with E-state index in [2.05, 4.69) is 12.2 Å². The van der Waals surface area contributed by atoms with Crippen LogP contribution in [0.2, 0.25) is 0 Å². The molecule has 1 fully saturated rings. The molecule has 2 nitrogen and oxygen atoms in total. The molecule has 18 heavy (non-hydrogen) atoms. The van der Waals surface area contributed by atoms with Crippen LogP contribution in [0.5, 0.6) is 0 Å². The van der Waals surface area contributed by atoms with Gasteiger partial charge in [0.05, 0.1) is 0 Å². The van der Waals surface area contributed by atoms with Crippen molar-refractivity contribution >= 4 is 0 Å². The van der Waals surface area contributed by atoms with Crippen LogP contribution in [0.4, 0.5) is 4.39 Å². The molecule has 1 atom stereocenters. The van der Waals surface area contributed by atoms with Gasteiger partial charge in [-0.3, -0.25) is 0 Å². The molecule has 0 amide bonds. The Morgan fingerprint density at radius 3 is 2.78 bits per heavy atom. The first-order chi connectivity index (χ1) is 8.70. The largest absolute Gasteiger partial charge is 0.384 e. The van der Waals surface area contributed by atoms with Crippen molar-refractivity contribution in [1.29, 1.82) is 0 Å². The highest BCUT2D eigenvalue weighted by Gasteiger charge is 2.31. The number of hydrogen-bond acceptors (Lipinski definition) is 2. The average Bonchev–Trinajstić information content (AvgIpc) is 2.29. The smallest absolute Gasteiger partial charge is 0.126 e. The lowest BCUT2D eigenvalue weighted by Gasteiger charge is -2.37. The first-order valence-corrected chi connectivity index (χ1v) is 6.67. The van der Waals surface area contributed by atoms with Crippen molar-refractivity contribution in [3.63, 3.8) is 0 Å². The summed E-state index contributed by atoms with van der Waals surface area (Å²) < 4.78 is 18.7. The molecule has 0 radical (unpaired) electrons. The van der Waals surface area contributed by atoms with Crippen molar-refractivity contribution in [2.45, 2.75) is 31.7 Å². The van der Waals surface area contributed by atoms with Crippen LogP contribution in [0.3, 0.4) is 0 Å². The molecular formula is C15H22FNO. The normalized spacial score (nSPS) is 24.6. The summed E-state index contributed by atoms with van der Waals surface area (Å²) in [6.45, 7) is 3.93. The predicted octanol–water partition coefficient (Wildman–Crippen LogP) is 2.94. The lowest BCUT2D eigenvalue weighted by Crippen LogP contribution is -2.42. The molecule has 0 bridgehead atoms. The van der Waals surface area contributed by atoms with E-state index in [1.807, 2.05) is 12.1 Å². The molecule has 100 valence electrons. The van der Waals surface area contributed by atoms with Gasteiger partial charge in [0.25, 0.3) is 0 Å². The Kier molecular flexibility index (Phi) is 4.72. The van der Waals surface area contributed by atoms with Crippen LogP contribution in [0.25, 0.3) is 0 Å². The van der Waals surface area contributed by atoms with Gasteiger partial charge in [0, 0.05) is 26.3 Å². The fraction of sp³-hybridized carbons (Fsp3) is 0.600. The van der Waals surface area contributed by atoms with Gasteiger partial charge >= 0.3 is 0 Å². The van der Waals surface area contributed by atoms with Crippen LogP contribution < -0.4 is 5.32 Å². The zero-order chi connectivity index (χ0) is 13.0. The predicted molar refractivity (Wildman–Crippen MR) is 71.2 cm³/mol. The van der Waals surface area contributed by atoms with E-state index in [4.69, 9.17) is 4.74 Å². The molecular weight excluding hydrogens is 229 g/mol. The highest BCUT2D eigenvalue weighted by molar-refractivity contribution is 5.24. The number of benzene rings is 1. The second kappa shape index (κ2) is 6.30. The summed E-state index contributed by atoms with van der Waals surface area (Å²) >= 11 is 0. The van der Waals surface area contributed by atoms with Gasteiger partial charge in [-0.25, -0.2) is 4.39 Å². The zero-order valence-electron chi connectivity index (χ0n) is 11.2. The zero-order valence-corrected chi connectivity index (χ0v) is 11.2. The summed E-state index contributed by atoms with van der Waals surface area (Å²) in [6.07, 6.45) is 2.08. The molecule has 1 aliphatic carbocycles. The monoisotopic (exact) mass is 251 g/mol. The summed E-state index contributed by atoms with van der Waals surface area (Å²) in [5.74, 6) is 0.859. The minimum atomic E-state index is -0.0614. The minimum Gasteiger partial charge on any atom is -0.384 e. The van der Waals surface area contributed by atoms with E-state index in [-0.39, 0.29) is 5.82 Å². The van der Waals surface area contributed by atoms with Crippen molar-refractivity contribution in [2.24, 2.45) is 5.92 Å². The van der Waals surface area contributed by atoms with E-state index in [0.717, 1.165) is 31.6 Å². The Hall–Kier alpha value is -0.930. The van der Waals surface area contributed by atoms with Crippen LogP contribution in [0.15, 0.2) is 24.3 Å². The van der Waals surface area contributed by atoms with Gasteiger partial charge in [0.15, 0.2) is 0 Å². The minimum absolute atomic E-state index is 0.0614. The van der Waals surface area contributed by atoms with Gasteiger partial charge in [-0.2, -0.15) is 0 Å². The topological polar surface area (TPSA) is 21.3 Å². The van der Waals surface area contributed by atoms with Gasteiger partial charge in [0.2, 0.25) is 0 Å². The third-order valence-corrected chi connectivity index (χ3v) is 3.69. The summed E-state index contributed by atoms with van der Waals surface area (Å²) in [6, 6.07) is 7.66. The standard InChI is InChI=1S/C15H22FNO/c1-11(10-18-2)9-17-13-7-12(8-13)14-5-3-4-6-15(14)16/h3-6,11-13,17H,7-10H2,1-2H3. The van der Waals surface area contributed by atoms with Gasteiger partial charge in [-0.15, -0.1) is 0 Å². The van der Waals surface area contributed by atoms with Gasteiger partial charge < -0.3 is 10.1 Å². The molecule has 0 aromatic heterocycles. The number of methoxy groups -OCH3 is 1. The molecule has 0 spiro atoms. The van der Waals surface area contributed by atoms with Crippen molar-refractivity contribution in [3.8, 4) is 0 Å². The van der Waals surface area contributed by atoms with Crippen molar-refractivity contribution in [1.82, 2.24) is 5.32 Å². The van der Waals surface area contributed by atoms with E-state index in [1.165, 1.54) is 0 Å². The fourth-order valence-corrected chi connectivity index (χ4v) is 2.56. The van der Waals surface area contributed by atoms with Crippen molar-refractivity contribution < 1.29 is 9.13 Å². The second-order valence-corrected chi connectivity index (χ2v) is 5.36. The number of ether oxygens (including phenoxy) is 1. The molecule has 2 rings (SSSR count). The lowest BCUT2D eigenvalue weighted by molar-refractivity contribution is 0.152. The van der Waals surface area contributed by atoms with Crippen molar-refractivity contribution in [2.75, 3.05) is 20.3 Å². The van der Waals surface area contributed by atoms with E-state index in [9.17, 15) is 4.39 Å². The molecule has 3 heteroatoms. The van der Waals surface area contributed by atoms with Crippen LogP contribution in [-0.2, 0) is 4.74 Å². The molecule has 1 aliphatic rings. The fourth-order valence-electron chi connectivity index (χ4n) is 2.56. The Bertz CT molecular complexity index is 377. The third-order valence-electron chi connectivity index (χ3n) is 3.69. The maximum absolute atomic E-state index is 13.6. The van der Waals surface area contributed by atoms with Crippen LogP contribution in [0.1, 0.15) is 31.2 Å². The molecule has 0 aliphatic heterocycles. The Morgan fingerprint density at radius 2 is 2.11 bits per heavy atom. The summed E-state index contributed by atoms with van der Waals surface area (Å²) in [5.41, 5.74) is 0.875. The number of halogens is 1. The Morgan fingerprint density at radius 1 is 1.39 bits per heavy atom. The highest BCUT2D eigenvalue weighted by Crippen LogP contribution is 2.37. The quantitative estimate of drug-likeness (QED) is 0.839. The maximum Gasteiger partial charge on any atom is 0.126 e. The summed E-state index contributed by atoms with van der Waals surface area (Å²) in [4.78, 5) is 0. The Labute approximate surface area is 109 Å². The molecule has 1 saturated carbocycles. The molecule has 0 heterocycles. The van der Waals surface area contributed by atoms with E-state index < -0.39 is 0 Å². The van der Waals surface area contributed by atoms with E-state index in [0.29, 0.717) is 17.9 Å². The van der Waals surface area contributed by atoms with Gasteiger partial charge in [-0.05, 0) is 36.3 Å². The molecule has 1 unspecified atom stereocenters. The first kappa shape index (κ1) is 13.5. The Balaban J connectivity index is 1.73. The van der Waals surface area contributed by atoms with Gasteiger partial charge in [-0.1, -0.05) is 25.1 Å². The van der Waals surface area contributed by atoms with Crippen LogP contribution in [-0.4, -0.2) is 26.3 Å².